The van der Waals surface area contributed by atoms with Crippen molar-refractivity contribution in [1.82, 2.24) is 0 Å². The molecule has 0 radical (unpaired) electrons. The van der Waals surface area contributed by atoms with Gasteiger partial charge >= 0.3 is 12.6 Å². The molecule has 0 spiro atoms. The highest BCUT2D eigenvalue weighted by Gasteiger charge is 2.26. The number of alkyl halides is 2. The van der Waals surface area contributed by atoms with Crippen LogP contribution in [0.2, 0.25) is 0 Å². The summed E-state index contributed by atoms with van der Waals surface area (Å²) in [6.45, 7) is -1.82. The van der Waals surface area contributed by atoms with E-state index in [1.54, 1.807) is 6.92 Å². The zero-order valence-electron chi connectivity index (χ0n) is 10.4. The van der Waals surface area contributed by atoms with Crippen LogP contribution >= 0.6 is 0 Å². The summed E-state index contributed by atoms with van der Waals surface area (Å²) in [6.07, 6.45) is 1.17. The van der Waals surface area contributed by atoms with Gasteiger partial charge in [0.05, 0.1) is 6.61 Å². The second kappa shape index (κ2) is 7.06. The van der Waals surface area contributed by atoms with Gasteiger partial charge in [0.1, 0.15) is 5.56 Å². The van der Waals surface area contributed by atoms with Crippen LogP contribution in [0, 0.1) is 17.5 Å². The van der Waals surface area contributed by atoms with Crippen LogP contribution in [0.1, 0.15) is 30.1 Å². The standard InChI is InChI=1S/C12H11F5O3/c1-2-3-4-19-11(18)6-5-7(13)9(15)10(8(6)14)20-12(16)17/h5,12H,2-4H2,1H3. The van der Waals surface area contributed by atoms with Crippen molar-refractivity contribution in [1.29, 1.82) is 0 Å². The summed E-state index contributed by atoms with van der Waals surface area (Å²) in [6, 6.07) is 0.233. The first kappa shape index (κ1) is 16.2. The molecule has 3 nitrogen and oxygen atoms in total. The van der Waals surface area contributed by atoms with Crippen molar-refractivity contribution in [2.75, 3.05) is 6.61 Å². The Kier molecular flexibility index (Phi) is 5.72. The molecular formula is C12H11F5O3. The molecule has 1 aromatic carbocycles. The maximum Gasteiger partial charge on any atom is 0.387 e. The van der Waals surface area contributed by atoms with Crippen molar-refractivity contribution in [3.05, 3.63) is 29.1 Å². The van der Waals surface area contributed by atoms with Crippen molar-refractivity contribution in [3.63, 3.8) is 0 Å². The molecule has 0 unspecified atom stereocenters. The molecule has 1 aromatic rings. The zero-order valence-corrected chi connectivity index (χ0v) is 10.4. The summed E-state index contributed by atoms with van der Waals surface area (Å²) in [7, 11) is 0. The van der Waals surface area contributed by atoms with Crippen LogP contribution in [0.4, 0.5) is 22.0 Å². The first-order valence-electron chi connectivity index (χ1n) is 5.67. The molecule has 0 amide bonds. The molecule has 0 N–H and O–H groups in total. The van der Waals surface area contributed by atoms with E-state index in [0.29, 0.717) is 12.8 Å². The van der Waals surface area contributed by atoms with Gasteiger partial charge in [-0.3, -0.25) is 0 Å². The van der Waals surface area contributed by atoms with Crippen molar-refractivity contribution >= 4 is 5.97 Å². The third-order valence-corrected chi connectivity index (χ3v) is 2.27. The average Bonchev–Trinajstić information content (AvgIpc) is 2.38. The first-order chi connectivity index (χ1) is 9.38. The Hall–Kier alpha value is -1.86. The molecule has 8 heteroatoms. The Balaban J connectivity index is 3.08. The highest BCUT2D eigenvalue weighted by Crippen LogP contribution is 2.29. The van der Waals surface area contributed by atoms with Gasteiger partial charge in [0.25, 0.3) is 0 Å². The highest BCUT2D eigenvalue weighted by atomic mass is 19.3. The van der Waals surface area contributed by atoms with E-state index in [4.69, 9.17) is 0 Å². The third kappa shape index (κ3) is 3.82. The topological polar surface area (TPSA) is 35.5 Å². The zero-order chi connectivity index (χ0) is 15.3. The number of ether oxygens (including phenoxy) is 2. The minimum Gasteiger partial charge on any atom is -0.462 e. The predicted octanol–water partition coefficient (Wildman–Crippen LogP) is 3.66. The van der Waals surface area contributed by atoms with Crippen molar-refractivity contribution in [2.45, 2.75) is 26.4 Å². The fourth-order valence-electron chi connectivity index (χ4n) is 1.31. The lowest BCUT2D eigenvalue weighted by Gasteiger charge is -2.11. The second-order valence-corrected chi connectivity index (χ2v) is 3.73. The molecule has 20 heavy (non-hydrogen) atoms. The second-order valence-electron chi connectivity index (χ2n) is 3.73. The van der Waals surface area contributed by atoms with E-state index in [1.807, 2.05) is 0 Å². The molecule has 0 bridgehead atoms. The smallest absolute Gasteiger partial charge is 0.387 e. The van der Waals surface area contributed by atoms with Crippen LogP contribution in [0.25, 0.3) is 0 Å². The van der Waals surface area contributed by atoms with Gasteiger partial charge in [0.2, 0.25) is 11.6 Å². The Morgan fingerprint density at radius 3 is 2.45 bits per heavy atom. The van der Waals surface area contributed by atoms with Crippen molar-refractivity contribution < 1.29 is 36.2 Å². The monoisotopic (exact) mass is 298 g/mol. The Morgan fingerprint density at radius 2 is 1.90 bits per heavy atom. The lowest BCUT2D eigenvalue weighted by molar-refractivity contribution is -0.0551. The molecule has 0 saturated carbocycles. The molecule has 0 aliphatic heterocycles. The number of hydrogen-bond donors (Lipinski definition) is 0. The maximum absolute atomic E-state index is 13.7. The van der Waals surface area contributed by atoms with Crippen LogP contribution in [-0.4, -0.2) is 19.2 Å². The number of benzene rings is 1. The van der Waals surface area contributed by atoms with E-state index < -0.39 is 41.3 Å². The third-order valence-electron chi connectivity index (χ3n) is 2.27. The van der Waals surface area contributed by atoms with Crippen LogP contribution in [0.3, 0.4) is 0 Å². The minimum absolute atomic E-state index is 0.0567. The SMILES string of the molecule is CCCCOC(=O)c1cc(F)c(F)c(OC(F)F)c1F. The summed E-state index contributed by atoms with van der Waals surface area (Å²) >= 11 is 0. The first-order valence-corrected chi connectivity index (χ1v) is 5.67. The van der Waals surface area contributed by atoms with Gasteiger partial charge in [0.15, 0.2) is 11.6 Å². The van der Waals surface area contributed by atoms with Gasteiger partial charge in [-0.1, -0.05) is 13.3 Å². The van der Waals surface area contributed by atoms with E-state index in [2.05, 4.69) is 9.47 Å². The molecule has 1 rings (SSSR count). The van der Waals surface area contributed by atoms with Crippen molar-refractivity contribution in [3.8, 4) is 5.75 Å². The molecule has 0 aliphatic rings. The summed E-state index contributed by atoms with van der Waals surface area (Å²) < 4.78 is 72.1. The number of halogens is 5. The lowest BCUT2D eigenvalue weighted by Crippen LogP contribution is -2.14. The number of esters is 1. The minimum atomic E-state index is -3.57. The maximum atomic E-state index is 13.7. The number of carbonyl (C=O) groups excluding carboxylic acids is 1. The van der Waals surface area contributed by atoms with E-state index in [0.717, 1.165) is 0 Å². The largest absolute Gasteiger partial charge is 0.462 e. The molecule has 0 aromatic heterocycles. The van der Waals surface area contributed by atoms with Gasteiger partial charge in [-0.2, -0.15) is 13.2 Å². The van der Waals surface area contributed by atoms with Crippen LogP contribution in [0.15, 0.2) is 6.07 Å². The predicted molar refractivity (Wildman–Crippen MR) is 58.1 cm³/mol. The van der Waals surface area contributed by atoms with Crippen LogP contribution in [-0.2, 0) is 4.74 Å². The number of carbonyl (C=O) groups is 1. The van der Waals surface area contributed by atoms with E-state index in [-0.39, 0.29) is 12.7 Å². The van der Waals surface area contributed by atoms with E-state index in [1.165, 1.54) is 0 Å². The molecule has 0 aliphatic carbocycles. The van der Waals surface area contributed by atoms with E-state index in [9.17, 15) is 26.7 Å². The van der Waals surface area contributed by atoms with Gasteiger partial charge < -0.3 is 9.47 Å². The van der Waals surface area contributed by atoms with Gasteiger partial charge in [-0.05, 0) is 12.5 Å². The number of hydrogen-bond acceptors (Lipinski definition) is 3. The van der Waals surface area contributed by atoms with Gasteiger partial charge in [0, 0.05) is 0 Å². The Morgan fingerprint density at radius 1 is 1.25 bits per heavy atom. The molecule has 0 heterocycles. The number of unbranched alkanes of at least 4 members (excludes halogenated alkanes) is 1. The van der Waals surface area contributed by atoms with E-state index >= 15 is 0 Å². The number of rotatable bonds is 6. The molecular weight excluding hydrogens is 287 g/mol. The highest BCUT2D eigenvalue weighted by molar-refractivity contribution is 5.90. The van der Waals surface area contributed by atoms with Crippen LogP contribution < -0.4 is 4.74 Å². The van der Waals surface area contributed by atoms with Gasteiger partial charge in [-0.25, -0.2) is 13.6 Å². The fourth-order valence-corrected chi connectivity index (χ4v) is 1.31. The summed E-state index contributed by atoms with van der Waals surface area (Å²) in [5.74, 6) is -8.29. The molecule has 112 valence electrons. The van der Waals surface area contributed by atoms with Crippen LogP contribution in [0.5, 0.6) is 5.75 Å². The summed E-state index contributed by atoms with van der Waals surface area (Å²) in [5, 5.41) is 0. The molecule has 0 saturated heterocycles. The Bertz CT molecular complexity index is 490. The normalized spacial score (nSPS) is 10.8. The fraction of sp³-hybridized carbons (Fsp3) is 0.417. The Labute approximate surface area is 111 Å². The summed E-state index contributed by atoms with van der Waals surface area (Å²) in [5.41, 5.74) is -1.00. The lowest BCUT2D eigenvalue weighted by atomic mass is 10.2. The van der Waals surface area contributed by atoms with Gasteiger partial charge in [-0.15, -0.1) is 0 Å². The average molecular weight is 298 g/mol. The molecule has 0 atom stereocenters. The van der Waals surface area contributed by atoms with Crippen molar-refractivity contribution in [2.24, 2.45) is 0 Å². The molecule has 0 fully saturated rings. The quantitative estimate of drug-likeness (QED) is 0.348. The summed E-state index contributed by atoms with van der Waals surface area (Å²) in [4.78, 5) is 11.4.